The van der Waals surface area contributed by atoms with E-state index < -0.39 is 37.3 Å². The van der Waals surface area contributed by atoms with E-state index in [4.69, 9.17) is 13.8 Å². The number of nitrogens with one attached hydrogen (secondary N) is 2. The van der Waals surface area contributed by atoms with Crippen molar-refractivity contribution < 1.29 is 33.0 Å². The number of imidazole rings is 1. The van der Waals surface area contributed by atoms with Crippen LogP contribution in [0, 0.1) is 5.92 Å². The van der Waals surface area contributed by atoms with E-state index in [0.717, 1.165) is 43.2 Å². The van der Waals surface area contributed by atoms with E-state index in [1.807, 2.05) is 60.7 Å². The van der Waals surface area contributed by atoms with E-state index in [0.29, 0.717) is 25.1 Å². The average Bonchev–Trinajstić information content (AvgIpc) is 3.53. The fraction of sp³-hybridized carbons (Fsp3) is 0.500. The van der Waals surface area contributed by atoms with Crippen LogP contribution in [-0.4, -0.2) is 58.6 Å². The molecule has 0 aliphatic heterocycles. The van der Waals surface area contributed by atoms with Crippen molar-refractivity contribution in [2.24, 2.45) is 5.92 Å². The normalized spacial score (nSPS) is 16.1. The first-order chi connectivity index (χ1) is 22.3. The number of rotatable bonds is 18. The van der Waals surface area contributed by atoms with Crippen LogP contribution in [0.5, 0.6) is 0 Å². The van der Waals surface area contributed by atoms with Crippen molar-refractivity contribution in [3.8, 4) is 0 Å². The Balaban J connectivity index is 1.52. The standard InChI is InChI=1S/C34H47N4O7P/c1-43-46(42,44-2)34(41)31(20-27-14-8-4-9-15-27)36-30(33(40)37-32(39)19-18-26-12-6-3-7-13-26)21-29-22-35-24-38(29)25-45-23-28-16-10-5-11-17-28/h3,5-7,10-13,16-17,22,24,27,30-31,34,36,41H,4,8-9,14-15,18-21,23,25H2,1-2H3,(H,37,39,40)/t30-,31-,34?/m0/s1. The molecule has 3 aromatic rings. The Hall–Kier alpha value is -3.18. The number of benzene rings is 2. The lowest BCUT2D eigenvalue weighted by Crippen LogP contribution is -2.54. The third-order valence-electron chi connectivity index (χ3n) is 8.54. The fourth-order valence-electron chi connectivity index (χ4n) is 5.92. The summed E-state index contributed by atoms with van der Waals surface area (Å²) in [6, 6.07) is 17.6. The van der Waals surface area contributed by atoms with Gasteiger partial charge in [0.25, 0.3) is 0 Å². The Labute approximate surface area is 271 Å². The van der Waals surface area contributed by atoms with Gasteiger partial charge >= 0.3 is 7.60 Å². The zero-order valence-electron chi connectivity index (χ0n) is 26.8. The number of amides is 2. The van der Waals surface area contributed by atoms with Gasteiger partial charge in [-0.05, 0) is 29.9 Å². The van der Waals surface area contributed by atoms with Gasteiger partial charge in [-0.1, -0.05) is 92.8 Å². The molecule has 1 unspecified atom stereocenters. The number of nitrogens with zero attached hydrogens (tertiary/aromatic N) is 2. The van der Waals surface area contributed by atoms with Gasteiger partial charge in [0, 0.05) is 45.0 Å². The third kappa shape index (κ3) is 10.7. The summed E-state index contributed by atoms with van der Waals surface area (Å²) in [6.45, 7) is 0.598. The van der Waals surface area contributed by atoms with Crippen molar-refractivity contribution in [3.63, 3.8) is 0 Å². The maximum absolute atomic E-state index is 13.8. The quantitative estimate of drug-likeness (QED) is 0.162. The lowest BCUT2D eigenvalue weighted by molar-refractivity contribution is -0.131. The number of carbonyl (C=O) groups is 2. The summed E-state index contributed by atoms with van der Waals surface area (Å²) < 4.78 is 31.4. The van der Waals surface area contributed by atoms with Crippen LogP contribution in [0.15, 0.2) is 73.2 Å². The van der Waals surface area contributed by atoms with Gasteiger partial charge in [-0.2, -0.15) is 0 Å². The molecule has 1 fully saturated rings. The fourth-order valence-corrected chi connectivity index (χ4v) is 7.15. The number of carbonyl (C=O) groups excluding carboxylic acids is 2. The Morgan fingerprint density at radius 1 is 1.00 bits per heavy atom. The van der Waals surface area contributed by atoms with Crippen molar-refractivity contribution in [2.75, 3.05) is 14.2 Å². The SMILES string of the molecule is COP(=O)(OC)C(O)[C@H](CC1CCCCC1)N[C@@H](Cc1cncn1COCc1ccccc1)C(=O)NC(=O)CCc1ccccc1. The molecule has 0 saturated heterocycles. The zero-order chi connectivity index (χ0) is 32.8. The van der Waals surface area contributed by atoms with Gasteiger partial charge < -0.3 is 23.5 Å². The molecule has 1 aromatic heterocycles. The molecule has 1 heterocycles. The Morgan fingerprint density at radius 2 is 1.65 bits per heavy atom. The summed E-state index contributed by atoms with van der Waals surface area (Å²) in [6.07, 6.45) is 9.70. The molecule has 1 saturated carbocycles. The number of hydrogen-bond acceptors (Lipinski definition) is 9. The minimum atomic E-state index is -3.92. The maximum Gasteiger partial charge on any atom is 0.359 e. The minimum Gasteiger partial charge on any atom is -0.379 e. The van der Waals surface area contributed by atoms with E-state index in [2.05, 4.69) is 15.6 Å². The Morgan fingerprint density at radius 3 is 2.30 bits per heavy atom. The number of aliphatic hydroxyl groups excluding tert-OH is 1. The van der Waals surface area contributed by atoms with Crippen molar-refractivity contribution in [2.45, 2.75) is 89.1 Å². The molecular formula is C34H47N4O7P. The summed E-state index contributed by atoms with van der Waals surface area (Å²) >= 11 is 0. The van der Waals surface area contributed by atoms with Crippen LogP contribution < -0.4 is 10.6 Å². The largest absolute Gasteiger partial charge is 0.379 e. The molecule has 0 spiro atoms. The molecular weight excluding hydrogens is 607 g/mol. The molecule has 0 bridgehead atoms. The van der Waals surface area contributed by atoms with Crippen molar-refractivity contribution in [3.05, 3.63) is 90.0 Å². The first-order valence-corrected chi connectivity index (χ1v) is 17.6. The molecule has 11 nitrogen and oxygen atoms in total. The second-order valence-electron chi connectivity index (χ2n) is 11.8. The molecule has 2 amide bonds. The molecule has 4 rings (SSSR count). The zero-order valence-corrected chi connectivity index (χ0v) is 27.6. The van der Waals surface area contributed by atoms with Crippen LogP contribution in [0.1, 0.15) is 61.8 Å². The number of imide groups is 1. The Bertz CT molecular complexity index is 1390. The smallest absolute Gasteiger partial charge is 0.359 e. The van der Waals surface area contributed by atoms with Crippen molar-refractivity contribution >= 4 is 19.4 Å². The monoisotopic (exact) mass is 654 g/mol. The average molecular weight is 655 g/mol. The van der Waals surface area contributed by atoms with E-state index in [9.17, 15) is 19.3 Å². The van der Waals surface area contributed by atoms with Crippen molar-refractivity contribution in [1.29, 1.82) is 0 Å². The minimum absolute atomic E-state index is 0.129. The number of hydrogen-bond donors (Lipinski definition) is 3. The topological polar surface area (TPSA) is 141 Å². The molecule has 12 heteroatoms. The second kappa shape index (κ2) is 18.2. The highest BCUT2D eigenvalue weighted by atomic mass is 31.2. The molecule has 46 heavy (non-hydrogen) atoms. The van der Waals surface area contributed by atoms with Gasteiger partial charge in [0.2, 0.25) is 11.8 Å². The number of aryl methyl sites for hydroxylation is 1. The first-order valence-electron chi connectivity index (χ1n) is 15.9. The van der Waals surface area contributed by atoms with E-state index in [1.54, 1.807) is 17.1 Å². The van der Waals surface area contributed by atoms with Crippen LogP contribution in [-0.2, 0) is 54.1 Å². The van der Waals surface area contributed by atoms with Crippen LogP contribution in [0.4, 0.5) is 0 Å². The van der Waals surface area contributed by atoms with Crippen LogP contribution in [0.2, 0.25) is 0 Å². The summed E-state index contributed by atoms with van der Waals surface area (Å²) in [5.74, 6) is -2.24. The first kappa shape index (κ1) is 35.7. The summed E-state index contributed by atoms with van der Waals surface area (Å²) in [5, 5.41) is 17.2. The number of ether oxygens (including phenoxy) is 1. The van der Waals surface area contributed by atoms with E-state index in [1.165, 1.54) is 14.2 Å². The summed E-state index contributed by atoms with van der Waals surface area (Å²) in [7, 11) is -1.46. The predicted molar refractivity (Wildman–Crippen MR) is 175 cm³/mol. The second-order valence-corrected chi connectivity index (χ2v) is 14.1. The number of aliphatic hydroxyl groups is 1. The van der Waals surface area contributed by atoms with Gasteiger partial charge in [-0.15, -0.1) is 0 Å². The predicted octanol–water partition coefficient (Wildman–Crippen LogP) is 4.98. The van der Waals surface area contributed by atoms with Gasteiger partial charge in [0.05, 0.1) is 19.0 Å². The van der Waals surface area contributed by atoms with Crippen LogP contribution in [0.3, 0.4) is 0 Å². The highest BCUT2D eigenvalue weighted by molar-refractivity contribution is 7.54. The molecule has 1 aliphatic carbocycles. The third-order valence-corrected chi connectivity index (χ3v) is 10.6. The highest BCUT2D eigenvalue weighted by Crippen LogP contribution is 2.52. The summed E-state index contributed by atoms with van der Waals surface area (Å²) in [4.78, 5) is 31.0. The molecule has 3 N–H and O–H groups in total. The van der Waals surface area contributed by atoms with Crippen LogP contribution in [0.25, 0.3) is 0 Å². The maximum atomic E-state index is 13.8. The molecule has 1 aliphatic rings. The van der Waals surface area contributed by atoms with E-state index in [-0.39, 0.29) is 25.5 Å². The van der Waals surface area contributed by atoms with Crippen molar-refractivity contribution in [1.82, 2.24) is 20.2 Å². The Kier molecular flexibility index (Phi) is 14.1. The van der Waals surface area contributed by atoms with Gasteiger partial charge in [-0.25, -0.2) is 4.98 Å². The van der Waals surface area contributed by atoms with Gasteiger partial charge in [0.15, 0.2) is 5.85 Å². The van der Waals surface area contributed by atoms with Crippen LogP contribution >= 0.6 is 7.60 Å². The van der Waals surface area contributed by atoms with Gasteiger partial charge in [0.1, 0.15) is 6.73 Å². The molecule has 3 atom stereocenters. The van der Waals surface area contributed by atoms with E-state index >= 15 is 0 Å². The number of aromatic nitrogens is 2. The van der Waals surface area contributed by atoms with Gasteiger partial charge in [-0.3, -0.25) is 24.8 Å². The highest BCUT2D eigenvalue weighted by Gasteiger charge is 2.41. The lowest BCUT2D eigenvalue weighted by atomic mass is 9.84. The molecule has 250 valence electrons. The molecule has 2 aromatic carbocycles. The summed E-state index contributed by atoms with van der Waals surface area (Å²) in [5.41, 5.74) is 2.70. The lowest BCUT2D eigenvalue weighted by Gasteiger charge is -2.34. The molecule has 0 radical (unpaired) electrons.